The van der Waals surface area contributed by atoms with Gasteiger partial charge in [0.05, 0.1) is 0 Å². The van der Waals surface area contributed by atoms with E-state index in [1.807, 2.05) is 12.1 Å². The third-order valence-electron chi connectivity index (χ3n) is 4.21. The standard InChI is InChI=1S/C21H27N3O2/c1-16(2)7-13-23-20(25)18-5-4-6-19(15-18)21(26)24(3)14-10-17-8-11-22-12-9-17/h4-6,8-9,11-12,15-16H,7,10,13-14H2,1-3H3,(H,23,25). The number of nitrogens with zero attached hydrogens (tertiary/aromatic N) is 2. The van der Waals surface area contributed by atoms with Crippen LogP contribution in [-0.4, -0.2) is 41.8 Å². The molecule has 5 heteroatoms. The first-order valence-corrected chi connectivity index (χ1v) is 9.00. The van der Waals surface area contributed by atoms with E-state index in [1.54, 1.807) is 48.6 Å². The van der Waals surface area contributed by atoms with Crippen molar-refractivity contribution in [3.05, 3.63) is 65.5 Å². The molecular formula is C21H27N3O2. The second-order valence-electron chi connectivity index (χ2n) is 6.85. The van der Waals surface area contributed by atoms with Crippen molar-refractivity contribution in [2.45, 2.75) is 26.7 Å². The van der Waals surface area contributed by atoms with Crippen molar-refractivity contribution in [3.63, 3.8) is 0 Å². The first-order chi connectivity index (χ1) is 12.5. The van der Waals surface area contributed by atoms with Gasteiger partial charge in [0.1, 0.15) is 0 Å². The minimum Gasteiger partial charge on any atom is -0.352 e. The molecule has 2 rings (SSSR count). The first kappa shape index (κ1) is 19.6. The monoisotopic (exact) mass is 353 g/mol. The number of hydrogen-bond donors (Lipinski definition) is 1. The maximum atomic E-state index is 12.6. The lowest BCUT2D eigenvalue weighted by Crippen LogP contribution is -2.29. The van der Waals surface area contributed by atoms with Gasteiger partial charge < -0.3 is 10.2 Å². The Morgan fingerprint density at radius 1 is 1.12 bits per heavy atom. The van der Waals surface area contributed by atoms with E-state index in [1.165, 1.54) is 0 Å². The van der Waals surface area contributed by atoms with Crippen molar-refractivity contribution in [2.24, 2.45) is 5.92 Å². The molecule has 5 nitrogen and oxygen atoms in total. The summed E-state index contributed by atoms with van der Waals surface area (Å²) in [5.41, 5.74) is 2.18. The fraction of sp³-hybridized carbons (Fsp3) is 0.381. The SMILES string of the molecule is CC(C)CCNC(=O)c1cccc(C(=O)N(C)CCc2ccncc2)c1. The Balaban J connectivity index is 1.94. The van der Waals surface area contributed by atoms with E-state index < -0.39 is 0 Å². The summed E-state index contributed by atoms with van der Waals surface area (Å²) in [5.74, 6) is 0.313. The molecule has 0 aliphatic carbocycles. The van der Waals surface area contributed by atoms with Crippen LogP contribution in [0.5, 0.6) is 0 Å². The zero-order valence-electron chi connectivity index (χ0n) is 15.7. The van der Waals surface area contributed by atoms with Gasteiger partial charge in [-0.15, -0.1) is 0 Å². The molecule has 2 aromatic rings. The number of carbonyl (C=O) groups excluding carboxylic acids is 2. The van der Waals surface area contributed by atoms with Crippen molar-refractivity contribution in [2.75, 3.05) is 20.1 Å². The van der Waals surface area contributed by atoms with Crippen molar-refractivity contribution in [1.82, 2.24) is 15.2 Å². The highest BCUT2D eigenvalue weighted by Gasteiger charge is 2.14. The van der Waals surface area contributed by atoms with Gasteiger partial charge >= 0.3 is 0 Å². The van der Waals surface area contributed by atoms with E-state index in [0.717, 1.165) is 18.4 Å². The first-order valence-electron chi connectivity index (χ1n) is 9.00. The molecule has 1 heterocycles. The Labute approximate surface area is 155 Å². The number of benzene rings is 1. The number of pyridine rings is 1. The molecule has 0 spiro atoms. The Kier molecular flexibility index (Phi) is 7.33. The van der Waals surface area contributed by atoms with Crippen LogP contribution in [0.1, 0.15) is 46.5 Å². The lowest BCUT2D eigenvalue weighted by molar-refractivity contribution is 0.0796. The van der Waals surface area contributed by atoms with Gasteiger partial charge in [0.15, 0.2) is 0 Å². The third-order valence-corrected chi connectivity index (χ3v) is 4.21. The molecule has 0 aliphatic heterocycles. The van der Waals surface area contributed by atoms with E-state index in [2.05, 4.69) is 24.1 Å². The summed E-state index contributed by atoms with van der Waals surface area (Å²) in [6.07, 6.45) is 5.19. The van der Waals surface area contributed by atoms with Crippen LogP contribution in [0.3, 0.4) is 0 Å². The Morgan fingerprint density at radius 2 is 1.81 bits per heavy atom. The van der Waals surface area contributed by atoms with Crippen molar-refractivity contribution >= 4 is 11.8 Å². The molecule has 0 aliphatic rings. The van der Waals surface area contributed by atoms with Gasteiger partial charge in [-0.3, -0.25) is 14.6 Å². The van der Waals surface area contributed by atoms with Crippen LogP contribution >= 0.6 is 0 Å². The molecule has 2 amide bonds. The van der Waals surface area contributed by atoms with Crippen LogP contribution < -0.4 is 5.32 Å². The van der Waals surface area contributed by atoms with Crippen LogP contribution in [0.4, 0.5) is 0 Å². The van der Waals surface area contributed by atoms with Crippen LogP contribution in [0, 0.1) is 5.92 Å². The Bertz CT molecular complexity index is 729. The largest absolute Gasteiger partial charge is 0.352 e. The molecule has 1 aromatic heterocycles. The van der Waals surface area contributed by atoms with Gasteiger partial charge in [0, 0.05) is 43.7 Å². The predicted octanol–water partition coefficient (Wildman–Crippen LogP) is 3.17. The third kappa shape index (κ3) is 5.99. The number of carbonyl (C=O) groups is 2. The zero-order chi connectivity index (χ0) is 18.9. The number of hydrogen-bond acceptors (Lipinski definition) is 3. The van der Waals surface area contributed by atoms with E-state index in [9.17, 15) is 9.59 Å². The van der Waals surface area contributed by atoms with Crippen molar-refractivity contribution in [3.8, 4) is 0 Å². The van der Waals surface area contributed by atoms with Gasteiger partial charge in [0.25, 0.3) is 11.8 Å². The fourth-order valence-electron chi connectivity index (χ4n) is 2.54. The van der Waals surface area contributed by atoms with E-state index in [-0.39, 0.29) is 11.8 Å². The average Bonchev–Trinajstić information content (AvgIpc) is 2.66. The molecule has 0 bridgehead atoms. The topological polar surface area (TPSA) is 62.3 Å². The summed E-state index contributed by atoms with van der Waals surface area (Å²) in [6, 6.07) is 10.8. The van der Waals surface area contributed by atoms with Crippen LogP contribution in [-0.2, 0) is 6.42 Å². The lowest BCUT2D eigenvalue weighted by Gasteiger charge is -2.17. The van der Waals surface area contributed by atoms with Crippen molar-refractivity contribution in [1.29, 1.82) is 0 Å². The molecule has 138 valence electrons. The molecule has 26 heavy (non-hydrogen) atoms. The minimum atomic E-state index is -0.139. The van der Waals surface area contributed by atoms with Gasteiger partial charge in [-0.25, -0.2) is 0 Å². The van der Waals surface area contributed by atoms with E-state index >= 15 is 0 Å². The summed E-state index contributed by atoms with van der Waals surface area (Å²) in [4.78, 5) is 30.5. The second-order valence-corrected chi connectivity index (χ2v) is 6.85. The summed E-state index contributed by atoms with van der Waals surface area (Å²) < 4.78 is 0. The minimum absolute atomic E-state index is 0.0871. The fourth-order valence-corrected chi connectivity index (χ4v) is 2.54. The molecular weight excluding hydrogens is 326 g/mol. The van der Waals surface area contributed by atoms with Crippen LogP contribution in [0.15, 0.2) is 48.8 Å². The highest BCUT2D eigenvalue weighted by atomic mass is 16.2. The quantitative estimate of drug-likeness (QED) is 0.793. The highest BCUT2D eigenvalue weighted by molar-refractivity contribution is 5.99. The molecule has 1 aromatic carbocycles. The number of aromatic nitrogens is 1. The van der Waals surface area contributed by atoms with Gasteiger partial charge in [-0.05, 0) is 54.7 Å². The molecule has 0 saturated heterocycles. The zero-order valence-corrected chi connectivity index (χ0v) is 15.7. The number of amides is 2. The maximum absolute atomic E-state index is 12.6. The molecule has 0 atom stereocenters. The lowest BCUT2D eigenvalue weighted by atomic mass is 10.1. The Morgan fingerprint density at radius 3 is 2.50 bits per heavy atom. The highest BCUT2D eigenvalue weighted by Crippen LogP contribution is 2.09. The molecule has 0 unspecified atom stereocenters. The summed E-state index contributed by atoms with van der Waals surface area (Å²) in [5, 5.41) is 2.90. The van der Waals surface area contributed by atoms with E-state index in [0.29, 0.717) is 30.1 Å². The smallest absolute Gasteiger partial charge is 0.253 e. The predicted molar refractivity (Wildman–Crippen MR) is 103 cm³/mol. The van der Waals surface area contributed by atoms with E-state index in [4.69, 9.17) is 0 Å². The molecule has 1 N–H and O–H groups in total. The van der Waals surface area contributed by atoms with Gasteiger partial charge in [-0.1, -0.05) is 19.9 Å². The molecule has 0 saturated carbocycles. The average molecular weight is 353 g/mol. The van der Waals surface area contributed by atoms with Crippen LogP contribution in [0.25, 0.3) is 0 Å². The Hall–Kier alpha value is -2.69. The number of likely N-dealkylation sites (N-methyl/N-ethyl adjacent to an activating group) is 1. The summed E-state index contributed by atoms with van der Waals surface area (Å²) in [7, 11) is 1.78. The van der Waals surface area contributed by atoms with Gasteiger partial charge in [-0.2, -0.15) is 0 Å². The van der Waals surface area contributed by atoms with Crippen LogP contribution in [0.2, 0.25) is 0 Å². The van der Waals surface area contributed by atoms with Gasteiger partial charge in [0.2, 0.25) is 0 Å². The van der Waals surface area contributed by atoms with Crippen molar-refractivity contribution < 1.29 is 9.59 Å². The summed E-state index contributed by atoms with van der Waals surface area (Å²) in [6.45, 7) is 5.48. The number of nitrogens with one attached hydrogen (secondary N) is 1. The molecule has 0 radical (unpaired) electrons. The number of rotatable bonds is 8. The maximum Gasteiger partial charge on any atom is 0.253 e. The summed E-state index contributed by atoms with van der Waals surface area (Å²) >= 11 is 0. The second kappa shape index (κ2) is 9.70. The normalized spacial score (nSPS) is 10.6. The molecule has 0 fully saturated rings.